The van der Waals surface area contributed by atoms with E-state index in [-0.39, 0.29) is 30.0 Å². The lowest BCUT2D eigenvalue weighted by Crippen LogP contribution is -2.51. The summed E-state index contributed by atoms with van der Waals surface area (Å²) in [6, 6.07) is 5.29. The van der Waals surface area contributed by atoms with Crippen molar-refractivity contribution in [3.8, 4) is 0 Å². The summed E-state index contributed by atoms with van der Waals surface area (Å²) in [7, 11) is -3.78. The van der Waals surface area contributed by atoms with Gasteiger partial charge in [0, 0.05) is 39.3 Å². The summed E-state index contributed by atoms with van der Waals surface area (Å²) in [6.07, 6.45) is 1.59. The molecule has 2 heterocycles. The highest BCUT2D eigenvalue weighted by Gasteiger charge is 2.33. The molecule has 2 aliphatic heterocycles. The lowest BCUT2D eigenvalue weighted by atomic mass is 10.2. The number of nitrogens with one attached hydrogen (secondary N) is 1. The summed E-state index contributed by atoms with van der Waals surface area (Å²) < 4.78 is 33.7. The van der Waals surface area contributed by atoms with Gasteiger partial charge in [-0.2, -0.15) is 4.31 Å². The van der Waals surface area contributed by atoms with E-state index in [9.17, 15) is 13.2 Å². The SMILES string of the molecule is Cc1ccc(S(=O)(=O)N(CC(=O)N2CCNCC2)C[C@@H]2CCCO2)c(C)c1. The number of amides is 1. The predicted octanol–water partition coefficient (Wildman–Crippen LogP) is 0.905. The lowest BCUT2D eigenvalue weighted by Gasteiger charge is -2.31. The summed E-state index contributed by atoms with van der Waals surface area (Å²) in [4.78, 5) is 14.7. The van der Waals surface area contributed by atoms with Gasteiger partial charge in [-0.25, -0.2) is 8.42 Å². The van der Waals surface area contributed by atoms with Gasteiger partial charge in [-0.3, -0.25) is 4.79 Å². The highest BCUT2D eigenvalue weighted by atomic mass is 32.2. The van der Waals surface area contributed by atoms with Gasteiger partial charge in [-0.05, 0) is 38.3 Å². The van der Waals surface area contributed by atoms with Crippen molar-refractivity contribution in [1.29, 1.82) is 0 Å². The van der Waals surface area contributed by atoms with Crippen LogP contribution in [0.4, 0.5) is 0 Å². The molecule has 1 aromatic rings. The Hall–Kier alpha value is -1.48. The number of sulfonamides is 1. The van der Waals surface area contributed by atoms with Gasteiger partial charge in [0.05, 0.1) is 17.5 Å². The van der Waals surface area contributed by atoms with Crippen LogP contribution in [0.3, 0.4) is 0 Å². The molecule has 1 amide bonds. The maximum atomic E-state index is 13.4. The van der Waals surface area contributed by atoms with E-state index in [0.717, 1.165) is 31.5 Å². The Morgan fingerprint density at radius 3 is 2.67 bits per heavy atom. The van der Waals surface area contributed by atoms with E-state index >= 15 is 0 Å². The Balaban J connectivity index is 1.84. The number of hydrogen-bond donors (Lipinski definition) is 1. The maximum Gasteiger partial charge on any atom is 0.243 e. The maximum absolute atomic E-state index is 13.4. The van der Waals surface area contributed by atoms with Gasteiger partial charge in [0.1, 0.15) is 0 Å². The van der Waals surface area contributed by atoms with Crippen LogP contribution in [-0.4, -0.2) is 75.5 Å². The van der Waals surface area contributed by atoms with Crippen molar-refractivity contribution in [3.05, 3.63) is 29.3 Å². The Morgan fingerprint density at radius 2 is 2.04 bits per heavy atom. The minimum Gasteiger partial charge on any atom is -0.377 e. The molecule has 2 saturated heterocycles. The topological polar surface area (TPSA) is 79.0 Å². The van der Waals surface area contributed by atoms with E-state index in [1.165, 1.54) is 4.31 Å². The second-order valence-corrected chi connectivity index (χ2v) is 9.24. The number of nitrogens with zero attached hydrogens (tertiary/aromatic N) is 2. The van der Waals surface area contributed by atoms with Crippen LogP contribution < -0.4 is 5.32 Å². The summed E-state index contributed by atoms with van der Waals surface area (Å²) in [6.45, 7) is 7.13. The fourth-order valence-electron chi connectivity index (χ4n) is 3.66. The standard InChI is InChI=1S/C19H29N3O4S/c1-15-5-6-18(16(2)12-15)27(24,25)22(13-17-4-3-11-26-17)14-19(23)21-9-7-20-8-10-21/h5-6,12,17,20H,3-4,7-11,13-14H2,1-2H3/t17-/m0/s1. The average molecular weight is 396 g/mol. The Morgan fingerprint density at radius 1 is 1.30 bits per heavy atom. The van der Waals surface area contributed by atoms with Crippen LogP contribution in [0.2, 0.25) is 0 Å². The van der Waals surface area contributed by atoms with E-state index in [1.54, 1.807) is 24.0 Å². The molecule has 1 atom stereocenters. The fraction of sp³-hybridized carbons (Fsp3) is 0.632. The summed E-state index contributed by atoms with van der Waals surface area (Å²) in [5.74, 6) is -0.150. The molecule has 8 heteroatoms. The summed E-state index contributed by atoms with van der Waals surface area (Å²) >= 11 is 0. The van der Waals surface area contributed by atoms with Gasteiger partial charge >= 0.3 is 0 Å². The van der Waals surface area contributed by atoms with Gasteiger partial charge in [0.15, 0.2) is 0 Å². The van der Waals surface area contributed by atoms with Gasteiger partial charge in [-0.15, -0.1) is 0 Å². The zero-order valence-electron chi connectivity index (χ0n) is 16.1. The average Bonchev–Trinajstić information content (AvgIpc) is 3.14. The normalized spacial score (nSPS) is 21.0. The van der Waals surface area contributed by atoms with E-state index in [1.807, 2.05) is 13.0 Å². The molecule has 0 unspecified atom stereocenters. The first-order valence-corrected chi connectivity index (χ1v) is 11.0. The third kappa shape index (κ3) is 4.87. The number of rotatable bonds is 6. The molecule has 0 spiro atoms. The molecule has 1 aromatic carbocycles. The molecule has 1 N–H and O–H groups in total. The number of piperazine rings is 1. The van der Waals surface area contributed by atoms with E-state index in [2.05, 4.69) is 5.32 Å². The highest BCUT2D eigenvalue weighted by molar-refractivity contribution is 7.89. The van der Waals surface area contributed by atoms with Gasteiger partial charge < -0.3 is 15.0 Å². The molecular formula is C19H29N3O4S. The number of carbonyl (C=O) groups is 1. The van der Waals surface area contributed by atoms with Gasteiger partial charge in [0.25, 0.3) is 0 Å². The van der Waals surface area contributed by atoms with Gasteiger partial charge in [0.2, 0.25) is 15.9 Å². The minimum atomic E-state index is -3.78. The third-order valence-electron chi connectivity index (χ3n) is 5.16. The monoisotopic (exact) mass is 395 g/mol. The number of ether oxygens (including phenoxy) is 1. The van der Waals surface area contributed by atoms with Crippen molar-refractivity contribution in [1.82, 2.24) is 14.5 Å². The molecule has 0 aromatic heterocycles. The van der Waals surface area contributed by atoms with Crippen molar-refractivity contribution in [2.75, 3.05) is 45.9 Å². The first kappa shape index (κ1) is 20.3. The van der Waals surface area contributed by atoms with E-state index < -0.39 is 10.0 Å². The molecular weight excluding hydrogens is 366 g/mol. The third-order valence-corrected chi connectivity index (χ3v) is 7.13. The van der Waals surface area contributed by atoms with Crippen molar-refractivity contribution in [2.45, 2.75) is 37.7 Å². The predicted molar refractivity (Wildman–Crippen MR) is 103 cm³/mol. The summed E-state index contributed by atoms with van der Waals surface area (Å²) in [5.41, 5.74) is 1.70. The van der Waals surface area contributed by atoms with E-state index in [0.29, 0.717) is 25.3 Å². The second kappa shape index (κ2) is 8.68. The van der Waals surface area contributed by atoms with Gasteiger partial charge in [-0.1, -0.05) is 17.7 Å². The first-order valence-electron chi connectivity index (χ1n) is 9.55. The molecule has 0 radical (unpaired) electrons. The molecule has 0 saturated carbocycles. The quantitative estimate of drug-likeness (QED) is 0.774. The molecule has 2 fully saturated rings. The van der Waals surface area contributed by atoms with E-state index in [4.69, 9.17) is 4.74 Å². The number of hydrogen-bond acceptors (Lipinski definition) is 5. The van der Waals surface area contributed by atoms with Crippen LogP contribution in [0.5, 0.6) is 0 Å². The molecule has 150 valence electrons. The molecule has 0 bridgehead atoms. The smallest absolute Gasteiger partial charge is 0.243 e. The zero-order chi connectivity index (χ0) is 19.4. The first-order chi connectivity index (χ1) is 12.9. The van der Waals surface area contributed by atoms with Crippen LogP contribution >= 0.6 is 0 Å². The Labute approximate surface area is 161 Å². The van der Waals surface area contributed by atoms with Crippen LogP contribution in [0, 0.1) is 13.8 Å². The lowest BCUT2D eigenvalue weighted by molar-refractivity contribution is -0.132. The number of aryl methyl sites for hydroxylation is 2. The molecule has 7 nitrogen and oxygen atoms in total. The minimum absolute atomic E-state index is 0.143. The summed E-state index contributed by atoms with van der Waals surface area (Å²) in [5, 5.41) is 3.20. The van der Waals surface area contributed by atoms with Crippen molar-refractivity contribution < 1.29 is 17.9 Å². The largest absolute Gasteiger partial charge is 0.377 e. The molecule has 3 rings (SSSR count). The molecule has 27 heavy (non-hydrogen) atoms. The van der Waals surface area contributed by atoms with Crippen LogP contribution in [0.25, 0.3) is 0 Å². The highest BCUT2D eigenvalue weighted by Crippen LogP contribution is 2.23. The number of benzene rings is 1. The fourth-order valence-corrected chi connectivity index (χ4v) is 5.28. The zero-order valence-corrected chi connectivity index (χ0v) is 16.9. The second-order valence-electron chi connectivity index (χ2n) is 7.33. The van der Waals surface area contributed by atoms with Crippen molar-refractivity contribution in [2.24, 2.45) is 0 Å². The number of carbonyl (C=O) groups excluding carboxylic acids is 1. The Kier molecular flexibility index (Phi) is 6.52. The van der Waals surface area contributed by atoms with Crippen molar-refractivity contribution >= 4 is 15.9 Å². The van der Waals surface area contributed by atoms with Crippen molar-refractivity contribution in [3.63, 3.8) is 0 Å². The molecule has 0 aliphatic carbocycles. The van der Waals surface area contributed by atoms with Crippen LogP contribution in [0.15, 0.2) is 23.1 Å². The Bertz CT molecular complexity index is 769. The molecule has 2 aliphatic rings. The van der Waals surface area contributed by atoms with Crippen LogP contribution in [0.1, 0.15) is 24.0 Å². The van der Waals surface area contributed by atoms with Crippen LogP contribution in [-0.2, 0) is 19.6 Å².